The monoisotopic (exact) mass is 461 g/mol. The topological polar surface area (TPSA) is 93.4 Å². The maximum absolute atomic E-state index is 12.5. The molecule has 0 aliphatic rings. The highest BCUT2D eigenvalue weighted by atomic mass is 19.4. The van der Waals surface area contributed by atoms with Crippen molar-refractivity contribution in [1.82, 2.24) is 9.55 Å². The third kappa shape index (κ3) is 5.71. The number of aliphatic carboxylic acids is 1. The lowest BCUT2D eigenvalue weighted by molar-refractivity contribution is -0.274. The second-order valence-corrected chi connectivity index (χ2v) is 7.97. The van der Waals surface area contributed by atoms with Gasteiger partial charge in [-0.15, -0.1) is 13.2 Å². The number of benzene rings is 1. The molecule has 0 unspecified atom stereocenters. The number of anilines is 1. The summed E-state index contributed by atoms with van der Waals surface area (Å²) in [6.07, 6.45) is -1.60. The number of carbonyl (C=O) groups is 1. The van der Waals surface area contributed by atoms with Crippen LogP contribution in [-0.2, 0) is 23.8 Å². The van der Waals surface area contributed by atoms with E-state index in [0.717, 1.165) is 0 Å². The zero-order valence-corrected chi connectivity index (χ0v) is 18.1. The number of rotatable bonds is 7. The molecular weight excluding hydrogens is 439 g/mol. The van der Waals surface area contributed by atoms with Crippen LogP contribution in [0.1, 0.15) is 25.0 Å². The van der Waals surface area contributed by atoms with E-state index >= 15 is 0 Å². The quantitative estimate of drug-likeness (QED) is 0.544. The van der Waals surface area contributed by atoms with Gasteiger partial charge in [0.25, 0.3) is 5.56 Å². The van der Waals surface area contributed by atoms with Crippen LogP contribution < -0.4 is 15.6 Å². The Labute approximate surface area is 187 Å². The second kappa shape index (κ2) is 8.97. The summed E-state index contributed by atoms with van der Waals surface area (Å²) in [6, 6.07) is 10.6. The molecule has 1 aromatic carbocycles. The van der Waals surface area contributed by atoms with E-state index in [1.807, 2.05) is 0 Å². The van der Waals surface area contributed by atoms with Crippen molar-refractivity contribution in [3.8, 4) is 16.9 Å². The number of hydrogen-bond acceptors (Lipinski definition) is 5. The second-order valence-electron chi connectivity index (χ2n) is 7.97. The van der Waals surface area contributed by atoms with Crippen LogP contribution in [0.4, 0.5) is 19.0 Å². The molecule has 0 fully saturated rings. The summed E-state index contributed by atoms with van der Waals surface area (Å²) < 4.78 is 42.4. The molecule has 0 saturated carbocycles. The molecule has 2 N–H and O–H groups in total. The predicted octanol–water partition coefficient (Wildman–Crippen LogP) is 4.32. The summed E-state index contributed by atoms with van der Waals surface area (Å²) in [7, 11) is 1.55. The van der Waals surface area contributed by atoms with E-state index in [4.69, 9.17) is 0 Å². The highest BCUT2D eigenvalue weighted by Crippen LogP contribution is 2.27. The summed E-state index contributed by atoms with van der Waals surface area (Å²) in [5.41, 5.74) is 0.245. The normalized spacial score (nSPS) is 11.8. The van der Waals surface area contributed by atoms with Crippen molar-refractivity contribution < 1.29 is 27.8 Å². The molecule has 0 spiro atoms. The van der Waals surface area contributed by atoms with E-state index in [0.29, 0.717) is 22.5 Å². The van der Waals surface area contributed by atoms with Gasteiger partial charge in [0.2, 0.25) is 0 Å². The fraction of sp³-hybridized carbons (Fsp3) is 0.261. The number of carboxylic acids is 1. The summed E-state index contributed by atoms with van der Waals surface area (Å²) in [6.45, 7) is 3.16. The van der Waals surface area contributed by atoms with Gasteiger partial charge in [-0.1, -0.05) is 12.1 Å². The fourth-order valence-electron chi connectivity index (χ4n) is 3.15. The molecule has 2 aromatic heterocycles. The first-order valence-electron chi connectivity index (χ1n) is 9.86. The zero-order chi connectivity index (χ0) is 24.4. The summed E-state index contributed by atoms with van der Waals surface area (Å²) in [5.74, 6) is -0.934. The van der Waals surface area contributed by atoms with Crippen molar-refractivity contribution in [2.75, 3.05) is 5.32 Å². The van der Waals surface area contributed by atoms with Crippen LogP contribution in [0.25, 0.3) is 11.1 Å². The highest BCUT2D eigenvalue weighted by Gasteiger charge is 2.33. The number of carboxylic acid groups (broad SMARTS) is 1. The Balaban J connectivity index is 1.78. The van der Waals surface area contributed by atoms with Gasteiger partial charge in [-0.05, 0) is 49.7 Å². The van der Waals surface area contributed by atoms with E-state index in [1.54, 1.807) is 43.7 Å². The summed E-state index contributed by atoms with van der Waals surface area (Å²) in [4.78, 5) is 28.4. The van der Waals surface area contributed by atoms with E-state index in [1.165, 1.54) is 36.6 Å². The van der Waals surface area contributed by atoms with Crippen molar-refractivity contribution in [3.63, 3.8) is 0 Å². The predicted molar refractivity (Wildman–Crippen MR) is 116 cm³/mol. The number of nitrogens with zero attached hydrogens (tertiary/aromatic N) is 2. The minimum absolute atomic E-state index is 0.151. The minimum atomic E-state index is -4.76. The first-order valence-corrected chi connectivity index (χ1v) is 9.86. The van der Waals surface area contributed by atoms with Crippen LogP contribution in [0, 0.1) is 0 Å². The fourth-order valence-corrected chi connectivity index (χ4v) is 3.15. The standard InChI is InChI=1S/C23H22F3N3O4/c1-22(2,21(31)32)18-10-16(13-29(3)20(18)30)15-7-8-19(28-12-15)27-11-14-5-4-6-17(9-14)33-23(24,25)26/h4-10,12-13H,11H2,1-3H3,(H,27,28)(H,31,32). The van der Waals surface area contributed by atoms with Gasteiger partial charge in [0, 0.05) is 42.7 Å². The van der Waals surface area contributed by atoms with E-state index in [9.17, 15) is 27.9 Å². The van der Waals surface area contributed by atoms with Crippen molar-refractivity contribution in [3.05, 3.63) is 76.3 Å². The number of aromatic nitrogens is 2. The SMILES string of the molecule is Cn1cc(-c2ccc(NCc3cccc(OC(F)(F)F)c3)nc2)cc(C(C)(C)C(=O)O)c1=O. The van der Waals surface area contributed by atoms with Gasteiger partial charge in [-0.2, -0.15) is 0 Å². The first-order chi connectivity index (χ1) is 15.4. The maximum Gasteiger partial charge on any atom is 0.573 e. The van der Waals surface area contributed by atoms with Crippen molar-refractivity contribution in [2.45, 2.75) is 32.2 Å². The number of pyridine rings is 2. The number of halogens is 3. The molecule has 0 atom stereocenters. The van der Waals surface area contributed by atoms with Crippen molar-refractivity contribution >= 4 is 11.8 Å². The lowest BCUT2D eigenvalue weighted by Crippen LogP contribution is -2.36. The van der Waals surface area contributed by atoms with Gasteiger partial charge in [-0.3, -0.25) is 9.59 Å². The molecule has 0 aliphatic carbocycles. The Bertz CT molecular complexity index is 1220. The van der Waals surface area contributed by atoms with Gasteiger partial charge >= 0.3 is 12.3 Å². The van der Waals surface area contributed by atoms with Gasteiger partial charge in [-0.25, -0.2) is 4.98 Å². The molecule has 10 heteroatoms. The smallest absolute Gasteiger partial charge is 0.481 e. The van der Waals surface area contributed by atoms with Crippen LogP contribution in [-0.4, -0.2) is 27.0 Å². The molecule has 0 bridgehead atoms. The number of aryl methyl sites for hydroxylation is 1. The van der Waals surface area contributed by atoms with Gasteiger partial charge in [0.1, 0.15) is 11.6 Å². The summed E-state index contributed by atoms with van der Waals surface area (Å²) in [5, 5.41) is 12.5. The molecular formula is C23H22F3N3O4. The van der Waals surface area contributed by atoms with Crippen LogP contribution in [0.5, 0.6) is 5.75 Å². The average molecular weight is 461 g/mol. The van der Waals surface area contributed by atoms with E-state index in [2.05, 4.69) is 15.0 Å². The van der Waals surface area contributed by atoms with Gasteiger partial charge < -0.3 is 19.7 Å². The maximum atomic E-state index is 12.5. The van der Waals surface area contributed by atoms with Crippen molar-refractivity contribution in [2.24, 2.45) is 7.05 Å². The Kier molecular flexibility index (Phi) is 6.48. The van der Waals surface area contributed by atoms with Crippen LogP contribution in [0.15, 0.2) is 59.7 Å². The molecule has 3 aromatic rings. The Hall–Kier alpha value is -3.82. The molecule has 0 saturated heterocycles. The average Bonchev–Trinajstić information content (AvgIpc) is 2.73. The molecule has 2 heterocycles. The number of hydrogen-bond donors (Lipinski definition) is 2. The molecule has 33 heavy (non-hydrogen) atoms. The number of alkyl halides is 3. The largest absolute Gasteiger partial charge is 0.573 e. The molecule has 174 valence electrons. The highest BCUT2D eigenvalue weighted by molar-refractivity contribution is 5.81. The molecule has 0 radical (unpaired) electrons. The molecule has 7 nitrogen and oxygen atoms in total. The van der Waals surface area contributed by atoms with Gasteiger partial charge in [0.05, 0.1) is 5.41 Å². The van der Waals surface area contributed by atoms with Crippen molar-refractivity contribution in [1.29, 1.82) is 0 Å². The van der Waals surface area contributed by atoms with Crippen LogP contribution in [0.2, 0.25) is 0 Å². The minimum Gasteiger partial charge on any atom is -0.481 e. The number of nitrogens with one attached hydrogen (secondary N) is 1. The van der Waals surface area contributed by atoms with E-state index < -0.39 is 23.3 Å². The van der Waals surface area contributed by atoms with Crippen LogP contribution >= 0.6 is 0 Å². The lowest BCUT2D eigenvalue weighted by atomic mass is 9.84. The Morgan fingerprint density at radius 2 is 1.88 bits per heavy atom. The third-order valence-corrected chi connectivity index (χ3v) is 5.09. The molecule has 3 rings (SSSR count). The molecule has 0 aliphatic heterocycles. The Morgan fingerprint density at radius 3 is 2.48 bits per heavy atom. The zero-order valence-electron chi connectivity index (χ0n) is 18.1. The first kappa shape index (κ1) is 23.8. The lowest BCUT2D eigenvalue weighted by Gasteiger charge is -2.20. The van der Waals surface area contributed by atoms with E-state index in [-0.39, 0.29) is 17.9 Å². The third-order valence-electron chi connectivity index (χ3n) is 5.09. The Morgan fingerprint density at radius 1 is 1.15 bits per heavy atom. The van der Waals surface area contributed by atoms with Crippen LogP contribution in [0.3, 0.4) is 0 Å². The van der Waals surface area contributed by atoms with Gasteiger partial charge in [0.15, 0.2) is 0 Å². The number of ether oxygens (including phenoxy) is 1. The summed E-state index contributed by atoms with van der Waals surface area (Å²) >= 11 is 0. The molecule has 0 amide bonds.